The van der Waals surface area contributed by atoms with Crippen molar-refractivity contribution in [3.63, 3.8) is 0 Å². The molecule has 10 nitrogen and oxygen atoms in total. The number of aromatic nitrogens is 2. The molecule has 10 heteroatoms. The van der Waals surface area contributed by atoms with Crippen molar-refractivity contribution < 1.29 is 24.9 Å². The van der Waals surface area contributed by atoms with Gasteiger partial charge in [0.1, 0.15) is 6.10 Å². The highest BCUT2D eigenvalue weighted by molar-refractivity contribution is 5.73. The third-order valence-electron chi connectivity index (χ3n) is 3.79. The lowest BCUT2D eigenvalue weighted by atomic mass is 9.90. The van der Waals surface area contributed by atoms with E-state index in [0.29, 0.717) is 0 Å². The summed E-state index contributed by atoms with van der Waals surface area (Å²) in [5.74, 6) is -1.25. The van der Waals surface area contributed by atoms with Gasteiger partial charge in [-0.15, -0.1) is 0 Å². The Balaban J connectivity index is 2.33. The number of aliphatic hydroxyl groups excluding tert-OH is 3. The second-order valence-corrected chi connectivity index (χ2v) is 5.32. The number of aromatic amines is 1. The smallest absolute Gasteiger partial charge is 0.330 e. The second-order valence-electron chi connectivity index (χ2n) is 5.32. The van der Waals surface area contributed by atoms with Crippen LogP contribution < -0.4 is 16.6 Å². The maximum absolute atomic E-state index is 11.8. The average molecular weight is 329 g/mol. The summed E-state index contributed by atoms with van der Waals surface area (Å²) in [6.45, 7) is 0.295. The lowest BCUT2D eigenvalue weighted by Crippen LogP contribution is -2.49. The number of carbonyl (C=O) groups excluding carboxylic acids is 1. The molecular formula is C13H19N3O7. The molecule has 128 valence electrons. The van der Waals surface area contributed by atoms with Crippen LogP contribution in [0.25, 0.3) is 0 Å². The molecule has 0 aliphatic carbocycles. The van der Waals surface area contributed by atoms with Crippen LogP contribution in [-0.2, 0) is 9.53 Å². The summed E-state index contributed by atoms with van der Waals surface area (Å²) in [6, 6.07) is 0.235. The van der Waals surface area contributed by atoms with Crippen LogP contribution in [0, 0.1) is 5.92 Å². The van der Waals surface area contributed by atoms with Crippen LogP contribution >= 0.6 is 0 Å². The SMILES string of the molecule is CC(=O)NC(CO)C1C(CO)OC(n2ccc(=O)[nH]c2=O)C1O. The molecule has 2 heterocycles. The summed E-state index contributed by atoms with van der Waals surface area (Å²) in [6.07, 6.45) is -2.19. The molecule has 5 N–H and O–H groups in total. The van der Waals surface area contributed by atoms with Crippen LogP contribution in [0.4, 0.5) is 0 Å². The monoisotopic (exact) mass is 329 g/mol. The minimum absolute atomic E-state index is 0.419. The Morgan fingerprint density at radius 1 is 1.48 bits per heavy atom. The van der Waals surface area contributed by atoms with E-state index in [1.807, 2.05) is 4.98 Å². The summed E-state index contributed by atoms with van der Waals surface area (Å²) in [7, 11) is 0. The minimum Gasteiger partial charge on any atom is -0.394 e. The maximum Gasteiger partial charge on any atom is 0.330 e. The van der Waals surface area contributed by atoms with Crippen molar-refractivity contribution in [3.8, 4) is 0 Å². The summed E-state index contributed by atoms with van der Waals surface area (Å²) in [4.78, 5) is 36.2. The third-order valence-corrected chi connectivity index (χ3v) is 3.79. The topological polar surface area (TPSA) is 154 Å². The molecule has 5 unspecified atom stereocenters. The van der Waals surface area contributed by atoms with Gasteiger partial charge in [-0.05, 0) is 0 Å². The first kappa shape index (κ1) is 17.3. The highest BCUT2D eigenvalue weighted by Gasteiger charge is 2.48. The lowest BCUT2D eigenvalue weighted by molar-refractivity contribution is -0.121. The van der Waals surface area contributed by atoms with E-state index in [0.717, 1.165) is 16.8 Å². The zero-order valence-corrected chi connectivity index (χ0v) is 12.4. The normalized spacial score (nSPS) is 28.5. The van der Waals surface area contributed by atoms with Gasteiger partial charge in [0.2, 0.25) is 5.91 Å². The molecule has 0 radical (unpaired) electrons. The first-order valence-electron chi connectivity index (χ1n) is 7.02. The van der Waals surface area contributed by atoms with Gasteiger partial charge in [-0.25, -0.2) is 4.79 Å². The maximum atomic E-state index is 11.8. The first-order valence-corrected chi connectivity index (χ1v) is 7.02. The Morgan fingerprint density at radius 3 is 2.70 bits per heavy atom. The van der Waals surface area contributed by atoms with Crippen LogP contribution in [0.3, 0.4) is 0 Å². The minimum atomic E-state index is -1.29. The third kappa shape index (κ3) is 3.50. The van der Waals surface area contributed by atoms with E-state index in [9.17, 15) is 29.7 Å². The molecule has 1 aliphatic heterocycles. The Bertz CT molecular complexity index is 670. The fourth-order valence-electron chi connectivity index (χ4n) is 2.80. The standard InChI is InChI=1S/C13H19N3O7/c1-6(19)14-7(4-17)10-8(5-18)23-12(11(10)21)16-3-2-9(20)15-13(16)22/h2-3,7-8,10-12,17-18,21H,4-5H2,1H3,(H,14,19)(H,15,20,22). The van der Waals surface area contributed by atoms with Crippen molar-refractivity contribution in [2.75, 3.05) is 13.2 Å². The molecule has 23 heavy (non-hydrogen) atoms. The second kappa shape index (κ2) is 7.04. The van der Waals surface area contributed by atoms with E-state index in [1.165, 1.54) is 6.92 Å². The predicted octanol–water partition coefficient (Wildman–Crippen LogP) is -3.10. The van der Waals surface area contributed by atoms with Gasteiger partial charge in [-0.3, -0.25) is 19.1 Å². The number of aliphatic hydroxyl groups is 3. The van der Waals surface area contributed by atoms with E-state index in [1.54, 1.807) is 0 Å². The van der Waals surface area contributed by atoms with Crippen molar-refractivity contribution >= 4 is 5.91 Å². The Kier molecular flexibility index (Phi) is 5.31. The summed E-state index contributed by atoms with van der Waals surface area (Å²) >= 11 is 0. The molecule has 0 spiro atoms. The molecule has 1 aromatic heterocycles. The average Bonchev–Trinajstić information content (AvgIpc) is 2.81. The van der Waals surface area contributed by atoms with Gasteiger partial charge in [-0.1, -0.05) is 0 Å². The zero-order chi connectivity index (χ0) is 17.1. The van der Waals surface area contributed by atoms with E-state index < -0.39 is 60.8 Å². The molecule has 1 aromatic rings. The van der Waals surface area contributed by atoms with Crippen molar-refractivity contribution in [2.24, 2.45) is 5.92 Å². The van der Waals surface area contributed by atoms with Gasteiger partial charge in [-0.2, -0.15) is 0 Å². The Hall–Kier alpha value is -2.01. The van der Waals surface area contributed by atoms with Crippen molar-refractivity contribution in [1.82, 2.24) is 14.9 Å². The molecule has 2 rings (SSSR count). The molecular weight excluding hydrogens is 310 g/mol. The van der Waals surface area contributed by atoms with Crippen molar-refractivity contribution in [3.05, 3.63) is 33.1 Å². The van der Waals surface area contributed by atoms with Gasteiger partial charge >= 0.3 is 5.69 Å². The fourth-order valence-corrected chi connectivity index (χ4v) is 2.80. The zero-order valence-electron chi connectivity index (χ0n) is 12.4. The Morgan fingerprint density at radius 2 is 2.17 bits per heavy atom. The summed E-state index contributed by atoms with van der Waals surface area (Å²) < 4.78 is 6.47. The molecule has 1 saturated heterocycles. The lowest BCUT2D eigenvalue weighted by Gasteiger charge is -2.27. The van der Waals surface area contributed by atoms with Crippen LogP contribution in [0.5, 0.6) is 0 Å². The molecule has 1 amide bonds. The van der Waals surface area contributed by atoms with Gasteiger partial charge in [0.25, 0.3) is 5.56 Å². The molecule has 1 aliphatic rings. The number of H-pyrrole nitrogens is 1. The van der Waals surface area contributed by atoms with E-state index in [2.05, 4.69) is 5.32 Å². The predicted molar refractivity (Wildman–Crippen MR) is 76.5 cm³/mol. The highest BCUT2D eigenvalue weighted by Crippen LogP contribution is 2.35. The summed E-state index contributed by atoms with van der Waals surface area (Å²) in [5, 5.41) is 31.8. The van der Waals surface area contributed by atoms with Crippen LogP contribution in [0.2, 0.25) is 0 Å². The van der Waals surface area contributed by atoms with Crippen LogP contribution in [-0.4, -0.2) is 62.2 Å². The van der Waals surface area contributed by atoms with Crippen LogP contribution in [0.1, 0.15) is 13.2 Å². The molecule has 0 bridgehead atoms. The van der Waals surface area contributed by atoms with E-state index in [4.69, 9.17) is 4.74 Å². The van der Waals surface area contributed by atoms with Crippen molar-refractivity contribution in [1.29, 1.82) is 0 Å². The van der Waals surface area contributed by atoms with Crippen LogP contribution in [0.15, 0.2) is 21.9 Å². The van der Waals surface area contributed by atoms with Gasteiger partial charge in [0.05, 0.1) is 25.4 Å². The quantitative estimate of drug-likeness (QED) is 0.383. The number of nitrogens with zero attached hydrogens (tertiary/aromatic N) is 1. The molecule has 5 atom stereocenters. The van der Waals surface area contributed by atoms with Crippen molar-refractivity contribution in [2.45, 2.75) is 31.4 Å². The van der Waals surface area contributed by atoms with E-state index in [-0.39, 0.29) is 0 Å². The number of rotatable bonds is 5. The number of ether oxygens (including phenoxy) is 1. The van der Waals surface area contributed by atoms with Gasteiger partial charge < -0.3 is 25.4 Å². The van der Waals surface area contributed by atoms with E-state index >= 15 is 0 Å². The summed E-state index contributed by atoms with van der Waals surface area (Å²) in [5.41, 5.74) is -1.38. The first-order chi connectivity index (χ1) is 10.9. The largest absolute Gasteiger partial charge is 0.394 e. The highest BCUT2D eigenvalue weighted by atomic mass is 16.5. The number of hydrogen-bond donors (Lipinski definition) is 5. The molecule has 1 fully saturated rings. The van der Waals surface area contributed by atoms with Gasteiger partial charge in [0, 0.05) is 25.1 Å². The van der Waals surface area contributed by atoms with Gasteiger partial charge in [0.15, 0.2) is 6.23 Å². The Labute approximate surface area is 130 Å². The number of carbonyl (C=O) groups is 1. The molecule has 0 aromatic carbocycles. The number of amides is 1. The molecule has 0 saturated carbocycles. The number of hydrogen-bond acceptors (Lipinski definition) is 7. The fraction of sp³-hybridized carbons (Fsp3) is 0.615. The number of nitrogens with one attached hydrogen (secondary N) is 2.